The van der Waals surface area contributed by atoms with Crippen LogP contribution >= 0.6 is 0 Å². The number of piperidine rings is 1. The van der Waals surface area contributed by atoms with Crippen LogP contribution in [0.1, 0.15) is 37.7 Å². The lowest BCUT2D eigenvalue weighted by atomic mass is 9.93. The first kappa shape index (κ1) is 20.9. The van der Waals surface area contributed by atoms with E-state index in [1.54, 1.807) is 32.2 Å². The molecule has 3 rings (SSSR count). The molecule has 1 aromatic carbocycles. The van der Waals surface area contributed by atoms with Crippen molar-refractivity contribution in [3.63, 3.8) is 0 Å². The summed E-state index contributed by atoms with van der Waals surface area (Å²) in [5, 5.41) is 3.56. The Bertz CT molecular complexity index is 936. The number of ketones is 1. The van der Waals surface area contributed by atoms with Crippen LogP contribution in [-0.2, 0) is 14.3 Å². The predicted molar refractivity (Wildman–Crippen MR) is 108 cm³/mol. The molecule has 29 heavy (non-hydrogen) atoms. The van der Waals surface area contributed by atoms with Gasteiger partial charge in [-0.05, 0) is 32.0 Å². The van der Waals surface area contributed by atoms with Gasteiger partial charge in [0.05, 0.1) is 44.3 Å². The van der Waals surface area contributed by atoms with Crippen molar-refractivity contribution in [2.24, 2.45) is 5.92 Å². The van der Waals surface area contributed by atoms with E-state index in [2.05, 4.69) is 10.3 Å². The number of Topliss-reactive ketones (excluding diaryl/α,β-unsaturated/α-hetero) is 1. The van der Waals surface area contributed by atoms with Gasteiger partial charge in [-0.1, -0.05) is 6.92 Å². The normalized spacial score (nSPS) is 21.8. The summed E-state index contributed by atoms with van der Waals surface area (Å²) in [6, 6.07) is 5.41. The number of esters is 1. The molecule has 8 nitrogen and oxygen atoms in total. The van der Waals surface area contributed by atoms with Gasteiger partial charge >= 0.3 is 5.97 Å². The highest BCUT2D eigenvalue weighted by molar-refractivity contribution is 6.11. The SMILES string of the molecule is CCOC(=O)c1[nH]c2ccc(OC)cc2c1NC(=O)C[NH+]1C[C@H](C)C(=O)C[C@@H]1C. The highest BCUT2D eigenvalue weighted by atomic mass is 16.5. The zero-order valence-electron chi connectivity index (χ0n) is 17.3. The number of rotatable bonds is 6. The predicted octanol–water partition coefficient (Wildman–Crippen LogP) is 1.17. The maximum absolute atomic E-state index is 12.8. The van der Waals surface area contributed by atoms with E-state index in [1.165, 1.54) is 0 Å². The number of fused-ring (bicyclic) bond motifs is 1. The van der Waals surface area contributed by atoms with Crippen LogP contribution in [0.25, 0.3) is 10.9 Å². The van der Waals surface area contributed by atoms with E-state index in [0.717, 1.165) is 4.90 Å². The van der Waals surface area contributed by atoms with Crippen molar-refractivity contribution >= 4 is 34.3 Å². The number of quaternary nitrogens is 1. The summed E-state index contributed by atoms with van der Waals surface area (Å²) >= 11 is 0. The molecule has 8 heteroatoms. The zero-order valence-corrected chi connectivity index (χ0v) is 17.3. The Balaban J connectivity index is 1.87. The van der Waals surface area contributed by atoms with Crippen LogP contribution in [0, 0.1) is 5.92 Å². The molecule has 1 aliphatic heterocycles. The molecule has 0 saturated carbocycles. The summed E-state index contributed by atoms with van der Waals surface area (Å²) in [4.78, 5) is 41.2. The molecule has 0 spiro atoms. The fourth-order valence-electron chi connectivity index (χ4n) is 3.78. The molecule has 0 aliphatic carbocycles. The van der Waals surface area contributed by atoms with Gasteiger partial charge in [-0.2, -0.15) is 0 Å². The monoisotopic (exact) mass is 402 g/mol. The van der Waals surface area contributed by atoms with Crippen LogP contribution in [0.5, 0.6) is 5.75 Å². The van der Waals surface area contributed by atoms with E-state index in [1.807, 2.05) is 13.8 Å². The van der Waals surface area contributed by atoms with Crippen molar-refractivity contribution in [2.75, 3.05) is 32.1 Å². The number of likely N-dealkylation sites (tertiary alicyclic amines) is 1. The summed E-state index contributed by atoms with van der Waals surface area (Å²) in [7, 11) is 1.56. The van der Waals surface area contributed by atoms with E-state index >= 15 is 0 Å². The molecule has 3 atom stereocenters. The Morgan fingerprint density at radius 2 is 2.07 bits per heavy atom. The van der Waals surface area contributed by atoms with Gasteiger partial charge in [0, 0.05) is 10.9 Å². The van der Waals surface area contributed by atoms with Gasteiger partial charge in [0.25, 0.3) is 5.91 Å². The molecule has 0 radical (unpaired) electrons. The third-order valence-electron chi connectivity index (χ3n) is 5.46. The highest BCUT2D eigenvalue weighted by Gasteiger charge is 2.34. The molecule has 2 aromatic rings. The number of aromatic nitrogens is 1. The second-order valence-electron chi connectivity index (χ2n) is 7.57. The molecular formula is C21H28N3O5+. The van der Waals surface area contributed by atoms with E-state index in [4.69, 9.17) is 9.47 Å². The van der Waals surface area contributed by atoms with Crippen LogP contribution in [0.2, 0.25) is 0 Å². The molecule has 1 fully saturated rings. The van der Waals surface area contributed by atoms with Crippen LogP contribution in [0.15, 0.2) is 18.2 Å². The first-order valence-corrected chi connectivity index (χ1v) is 9.88. The lowest BCUT2D eigenvalue weighted by Gasteiger charge is -2.32. The molecule has 1 aliphatic rings. The largest absolute Gasteiger partial charge is 0.497 e. The first-order chi connectivity index (χ1) is 13.8. The summed E-state index contributed by atoms with van der Waals surface area (Å²) in [5.74, 6) is 0.0555. The number of aromatic amines is 1. The molecule has 1 aromatic heterocycles. The fraction of sp³-hybridized carbons (Fsp3) is 0.476. The number of ether oxygens (including phenoxy) is 2. The number of carbonyl (C=O) groups is 3. The van der Waals surface area contributed by atoms with Crippen molar-refractivity contribution in [1.82, 2.24) is 4.98 Å². The third-order valence-corrected chi connectivity index (χ3v) is 5.46. The number of hydrogen-bond donors (Lipinski definition) is 3. The van der Waals surface area contributed by atoms with Gasteiger partial charge < -0.3 is 24.7 Å². The zero-order chi connectivity index (χ0) is 21.1. The number of benzene rings is 1. The van der Waals surface area contributed by atoms with Crippen LogP contribution in [-0.4, -0.2) is 55.5 Å². The molecule has 2 heterocycles. The number of methoxy groups -OCH3 is 1. The van der Waals surface area contributed by atoms with Crippen molar-refractivity contribution < 1.29 is 28.8 Å². The Labute approximate surface area is 169 Å². The van der Waals surface area contributed by atoms with E-state index in [0.29, 0.717) is 35.3 Å². The van der Waals surface area contributed by atoms with Crippen molar-refractivity contribution in [3.8, 4) is 5.75 Å². The van der Waals surface area contributed by atoms with Crippen LogP contribution in [0.4, 0.5) is 5.69 Å². The second kappa shape index (κ2) is 8.65. The van der Waals surface area contributed by atoms with E-state index in [9.17, 15) is 14.4 Å². The number of amides is 1. The highest BCUT2D eigenvalue weighted by Crippen LogP contribution is 2.31. The van der Waals surface area contributed by atoms with Gasteiger partial charge in [0.1, 0.15) is 17.2 Å². The smallest absolute Gasteiger partial charge is 0.356 e. The Morgan fingerprint density at radius 1 is 1.31 bits per heavy atom. The van der Waals surface area contributed by atoms with Crippen LogP contribution in [0.3, 0.4) is 0 Å². The Kier molecular flexibility index (Phi) is 6.22. The minimum Gasteiger partial charge on any atom is -0.497 e. The summed E-state index contributed by atoms with van der Waals surface area (Å²) in [5.41, 5.74) is 1.28. The first-order valence-electron chi connectivity index (χ1n) is 9.88. The summed E-state index contributed by atoms with van der Waals surface area (Å²) < 4.78 is 10.4. The van der Waals surface area contributed by atoms with Gasteiger partial charge in [-0.3, -0.25) is 9.59 Å². The van der Waals surface area contributed by atoms with Crippen molar-refractivity contribution in [2.45, 2.75) is 33.2 Å². The number of hydrogen-bond acceptors (Lipinski definition) is 5. The van der Waals surface area contributed by atoms with Crippen molar-refractivity contribution in [3.05, 3.63) is 23.9 Å². The molecule has 156 valence electrons. The number of anilines is 1. The van der Waals surface area contributed by atoms with Crippen molar-refractivity contribution in [1.29, 1.82) is 0 Å². The number of H-pyrrole nitrogens is 1. The van der Waals surface area contributed by atoms with Gasteiger partial charge in [-0.25, -0.2) is 4.79 Å². The topological polar surface area (TPSA) is 102 Å². The van der Waals surface area contributed by atoms with E-state index in [-0.39, 0.29) is 42.5 Å². The summed E-state index contributed by atoms with van der Waals surface area (Å²) in [6.07, 6.45) is 0.474. The number of nitrogens with one attached hydrogen (secondary N) is 3. The van der Waals surface area contributed by atoms with Gasteiger partial charge in [0.15, 0.2) is 6.54 Å². The number of carbonyl (C=O) groups excluding carboxylic acids is 3. The Hall–Kier alpha value is -2.87. The average Bonchev–Trinajstić information content (AvgIpc) is 3.04. The van der Waals surface area contributed by atoms with Crippen LogP contribution < -0.4 is 15.0 Å². The molecule has 3 N–H and O–H groups in total. The summed E-state index contributed by atoms with van der Waals surface area (Å²) in [6.45, 7) is 6.68. The second-order valence-corrected chi connectivity index (χ2v) is 7.57. The lowest BCUT2D eigenvalue weighted by Crippen LogP contribution is -3.18. The minimum absolute atomic E-state index is 0.0542. The van der Waals surface area contributed by atoms with Gasteiger partial charge in [0.2, 0.25) is 0 Å². The quantitative estimate of drug-likeness (QED) is 0.630. The standard InChI is InChI=1S/C21H27N3O5/c1-5-29-21(27)20-19(15-9-14(28-4)6-7-16(15)22-20)23-18(26)11-24-10-12(2)17(25)8-13(24)3/h6-7,9,12-13,22H,5,8,10-11H2,1-4H3,(H,23,26)/p+1/t12-,13-/m0/s1. The maximum Gasteiger partial charge on any atom is 0.356 e. The minimum atomic E-state index is -0.532. The molecule has 1 unspecified atom stereocenters. The maximum atomic E-state index is 12.8. The molecule has 1 amide bonds. The molecule has 1 saturated heterocycles. The van der Waals surface area contributed by atoms with Gasteiger partial charge in [-0.15, -0.1) is 0 Å². The van der Waals surface area contributed by atoms with E-state index < -0.39 is 5.97 Å². The molecule has 0 bridgehead atoms. The lowest BCUT2D eigenvalue weighted by molar-refractivity contribution is -0.920. The molecular weight excluding hydrogens is 374 g/mol. The fourth-order valence-corrected chi connectivity index (χ4v) is 3.78. The third kappa shape index (κ3) is 4.42. The Morgan fingerprint density at radius 3 is 2.76 bits per heavy atom. The average molecular weight is 402 g/mol.